The lowest BCUT2D eigenvalue weighted by molar-refractivity contribution is -0.138. The molecule has 0 spiro atoms. The van der Waals surface area contributed by atoms with Crippen molar-refractivity contribution >= 4 is 23.4 Å². The molecule has 0 amide bonds. The van der Waals surface area contributed by atoms with Gasteiger partial charge in [-0.3, -0.25) is 4.79 Å². The minimum Gasteiger partial charge on any atom is -0.503 e. The molecule has 0 fully saturated rings. The fraction of sp³-hybridized carbons (Fsp3) is 0.400. The van der Waals surface area contributed by atoms with E-state index in [-0.39, 0.29) is 28.9 Å². The molecular weight excluding hydrogens is 370 g/mol. The van der Waals surface area contributed by atoms with Crippen LogP contribution in [0.15, 0.2) is 34.7 Å². The summed E-state index contributed by atoms with van der Waals surface area (Å²) in [5, 5.41) is 13.4. The molecule has 0 saturated heterocycles. The second kappa shape index (κ2) is 7.64. The van der Waals surface area contributed by atoms with Gasteiger partial charge in [0.25, 0.3) is 0 Å². The molecule has 3 rings (SSSR count). The van der Waals surface area contributed by atoms with Crippen molar-refractivity contribution in [2.75, 3.05) is 13.7 Å². The van der Waals surface area contributed by atoms with E-state index in [1.807, 2.05) is 0 Å². The number of allylic oxidation sites excluding steroid dienone is 3. The van der Waals surface area contributed by atoms with Crippen LogP contribution in [-0.2, 0) is 14.3 Å². The Hall–Kier alpha value is -2.47. The van der Waals surface area contributed by atoms with Crippen molar-refractivity contribution in [3.05, 3.63) is 45.3 Å². The molecular formula is C20H22ClNO5. The Kier molecular flexibility index (Phi) is 5.46. The first-order valence-electron chi connectivity index (χ1n) is 8.86. The van der Waals surface area contributed by atoms with Crippen LogP contribution in [0.25, 0.3) is 0 Å². The minimum atomic E-state index is -0.625. The van der Waals surface area contributed by atoms with Crippen LogP contribution in [0.5, 0.6) is 11.5 Å². The quantitative estimate of drug-likeness (QED) is 0.763. The van der Waals surface area contributed by atoms with Crippen LogP contribution in [-0.4, -0.2) is 30.6 Å². The van der Waals surface area contributed by atoms with Crippen LogP contribution in [0, 0.1) is 0 Å². The zero-order valence-electron chi connectivity index (χ0n) is 15.5. The molecule has 0 bridgehead atoms. The van der Waals surface area contributed by atoms with E-state index in [1.54, 1.807) is 26.0 Å². The van der Waals surface area contributed by atoms with Gasteiger partial charge in [-0.1, -0.05) is 11.6 Å². The Labute approximate surface area is 162 Å². The van der Waals surface area contributed by atoms with Gasteiger partial charge in [0.2, 0.25) is 0 Å². The van der Waals surface area contributed by atoms with Gasteiger partial charge in [0.05, 0.1) is 24.3 Å². The Morgan fingerprint density at radius 1 is 1.37 bits per heavy atom. The van der Waals surface area contributed by atoms with Crippen LogP contribution < -0.4 is 10.1 Å². The van der Waals surface area contributed by atoms with E-state index in [0.29, 0.717) is 28.8 Å². The molecule has 1 aliphatic carbocycles. The fourth-order valence-electron chi connectivity index (χ4n) is 3.71. The number of hydrogen-bond donors (Lipinski definition) is 2. The molecule has 0 aromatic heterocycles. The van der Waals surface area contributed by atoms with E-state index in [1.165, 1.54) is 7.11 Å². The Morgan fingerprint density at radius 2 is 2.11 bits per heavy atom. The number of rotatable bonds is 4. The highest BCUT2D eigenvalue weighted by atomic mass is 35.5. The van der Waals surface area contributed by atoms with Crippen LogP contribution in [0.1, 0.15) is 44.6 Å². The van der Waals surface area contributed by atoms with Gasteiger partial charge in [0, 0.05) is 29.3 Å². The third-order valence-corrected chi connectivity index (χ3v) is 5.16. The third-order valence-electron chi connectivity index (χ3n) is 4.88. The van der Waals surface area contributed by atoms with Crippen molar-refractivity contribution in [1.29, 1.82) is 0 Å². The number of phenolic OH excluding ortho intramolecular Hbond substituents is 1. The normalized spacial score (nSPS) is 19.6. The molecule has 1 aromatic carbocycles. The molecule has 2 aliphatic rings. The van der Waals surface area contributed by atoms with Gasteiger partial charge in [-0.05, 0) is 44.4 Å². The maximum atomic E-state index is 12.8. The Balaban J connectivity index is 2.23. The fourth-order valence-corrected chi connectivity index (χ4v) is 3.93. The predicted octanol–water partition coefficient (Wildman–Crippen LogP) is 3.59. The summed E-state index contributed by atoms with van der Waals surface area (Å²) in [7, 11) is 1.42. The lowest BCUT2D eigenvalue weighted by Crippen LogP contribution is -2.34. The average molecular weight is 392 g/mol. The summed E-state index contributed by atoms with van der Waals surface area (Å²) >= 11 is 6.17. The molecule has 6 nitrogen and oxygen atoms in total. The van der Waals surface area contributed by atoms with Gasteiger partial charge in [-0.2, -0.15) is 0 Å². The molecule has 7 heteroatoms. The van der Waals surface area contributed by atoms with Crippen molar-refractivity contribution in [1.82, 2.24) is 5.32 Å². The van der Waals surface area contributed by atoms with Gasteiger partial charge in [0.15, 0.2) is 17.3 Å². The molecule has 1 atom stereocenters. The van der Waals surface area contributed by atoms with E-state index in [4.69, 9.17) is 21.1 Å². The molecule has 0 unspecified atom stereocenters. The highest BCUT2D eigenvalue weighted by Crippen LogP contribution is 2.46. The number of Topliss-reactive ketones (excluding diaryl/α,β-unsaturated/α-hetero) is 1. The van der Waals surface area contributed by atoms with Gasteiger partial charge in [-0.25, -0.2) is 4.79 Å². The summed E-state index contributed by atoms with van der Waals surface area (Å²) in [6.45, 7) is 3.75. The molecule has 144 valence electrons. The summed E-state index contributed by atoms with van der Waals surface area (Å²) in [5.41, 5.74) is 3.00. The van der Waals surface area contributed by atoms with Gasteiger partial charge < -0.3 is 19.9 Å². The SMILES string of the molecule is CCOC(=O)C1=C(C)NC2=C(C(=O)CCC2)[C@H]1c1cc(Cl)c(O)c(OC)c1. The molecule has 0 saturated carbocycles. The Morgan fingerprint density at radius 3 is 2.78 bits per heavy atom. The third kappa shape index (κ3) is 3.41. The number of ether oxygens (including phenoxy) is 2. The first kappa shape index (κ1) is 19.3. The van der Waals surface area contributed by atoms with Crippen molar-refractivity contribution in [3.8, 4) is 11.5 Å². The topological polar surface area (TPSA) is 84.9 Å². The molecule has 1 heterocycles. The molecule has 0 radical (unpaired) electrons. The number of ketones is 1. The van der Waals surface area contributed by atoms with E-state index >= 15 is 0 Å². The Bertz CT molecular complexity index is 871. The number of halogens is 1. The summed E-state index contributed by atoms with van der Waals surface area (Å²) < 4.78 is 10.5. The predicted molar refractivity (Wildman–Crippen MR) is 101 cm³/mol. The van der Waals surface area contributed by atoms with Crippen molar-refractivity contribution in [3.63, 3.8) is 0 Å². The monoisotopic (exact) mass is 391 g/mol. The smallest absolute Gasteiger partial charge is 0.336 e. The standard InChI is InChI=1S/C20H22ClNO5/c1-4-27-20(25)16-10(2)22-13-6-5-7-14(23)18(13)17(16)11-8-12(21)19(24)15(9-11)26-3/h8-9,17,22,24H,4-7H2,1-3H3/t17-/m0/s1. The lowest BCUT2D eigenvalue weighted by atomic mass is 9.75. The highest BCUT2D eigenvalue weighted by molar-refractivity contribution is 6.32. The first-order chi connectivity index (χ1) is 12.9. The molecule has 1 aliphatic heterocycles. The number of dihydropyridines is 1. The molecule has 2 N–H and O–H groups in total. The second-order valence-corrected chi connectivity index (χ2v) is 6.95. The lowest BCUT2D eigenvalue weighted by Gasteiger charge is -2.34. The van der Waals surface area contributed by atoms with Gasteiger partial charge in [-0.15, -0.1) is 0 Å². The number of benzene rings is 1. The van der Waals surface area contributed by atoms with Crippen molar-refractivity contribution < 1.29 is 24.2 Å². The van der Waals surface area contributed by atoms with Gasteiger partial charge in [0.1, 0.15) is 0 Å². The summed E-state index contributed by atoms with van der Waals surface area (Å²) in [4.78, 5) is 25.5. The summed E-state index contributed by atoms with van der Waals surface area (Å²) in [5.74, 6) is -1.12. The zero-order valence-corrected chi connectivity index (χ0v) is 16.3. The summed E-state index contributed by atoms with van der Waals surface area (Å²) in [6.07, 6.45) is 1.92. The van der Waals surface area contributed by atoms with Crippen LogP contribution in [0.3, 0.4) is 0 Å². The number of nitrogens with one attached hydrogen (secondary N) is 1. The average Bonchev–Trinajstić information content (AvgIpc) is 2.63. The maximum absolute atomic E-state index is 12.8. The number of phenols is 1. The second-order valence-electron chi connectivity index (χ2n) is 6.54. The first-order valence-corrected chi connectivity index (χ1v) is 9.24. The number of carbonyl (C=O) groups is 2. The van der Waals surface area contributed by atoms with Crippen molar-refractivity contribution in [2.24, 2.45) is 0 Å². The van der Waals surface area contributed by atoms with Crippen LogP contribution in [0.2, 0.25) is 5.02 Å². The number of hydrogen-bond acceptors (Lipinski definition) is 6. The van der Waals surface area contributed by atoms with E-state index in [2.05, 4.69) is 5.32 Å². The number of aromatic hydroxyl groups is 1. The van der Waals surface area contributed by atoms with Gasteiger partial charge >= 0.3 is 5.97 Å². The number of carbonyl (C=O) groups excluding carboxylic acids is 2. The van der Waals surface area contributed by atoms with Crippen molar-refractivity contribution in [2.45, 2.75) is 39.0 Å². The zero-order chi connectivity index (χ0) is 19.7. The van der Waals surface area contributed by atoms with E-state index in [9.17, 15) is 14.7 Å². The minimum absolute atomic E-state index is 0.00814. The van der Waals surface area contributed by atoms with Crippen LogP contribution >= 0.6 is 11.6 Å². The van der Waals surface area contributed by atoms with E-state index in [0.717, 1.165) is 18.5 Å². The largest absolute Gasteiger partial charge is 0.503 e. The summed E-state index contributed by atoms with van der Waals surface area (Å²) in [6, 6.07) is 3.17. The number of esters is 1. The maximum Gasteiger partial charge on any atom is 0.336 e. The number of methoxy groups -OCH3 is 1. The molecule has 27 heavy (non-hydrogen) atoms. The highest BCUT2D eigenvalue weighted by Gasteiger charge is 2.39. The van der Waals surface area contributed by atoms with Crippen LogP contribution in [0.4, 0.5) is 0 Å². The molecule has 1 aromatic rings. The van der Waals surface area contributed by atoms with E-state index < -0.39 is 11.9 Å².